The van der Waals surface area contributed by atoms with Crippen LogP contribution in [0.15, 0.2) is 77.5 Å². The summed E-state index contributed by atoms with van der Waals surface area (Å²) in [6, 6.07) is 15.4. The number of alkyl carbamates (subject to hydrolysis) is 1. The number of ether oxygens (including phenoxy) is 3. The predicted octanol–water partition coefficient (Wildman–Crippen LogP) is 7.09. The maximum Gasteiger partial charge on any atom is 0.408 e. The molecule has 16 heteroatoms. The molecule has 6 bridgehead atoms. The number of oxazole rings is 1. The number of hydrogen-bond donors (Lipinski definition) is 2. The van der Waals surface area contributed by atoms with Gasteiger partial charge in [0.05, 0.1) is 30.5 Å². The number of hydrazine groups is 1. The molecule has 2 aliphatic rings. The van der Waals surface area contributed by atoms with Crippen LogP contribution in [0.3, 0.4) is 0 Å². The van der Waals surface area contributed by atoms with Crippen LogP contribution in [0.4, 0.5) is 18.0 Å². The SMILES string of the molecule is CO[C@@H](C)c1ncccc1-c1c2c3cc(ccc3n1CC(F)(F)F)-c1coc(n1)C[C@H](NC(=O)OCc1ccccc1)C(=O)N1CCC[C@H](N1)C(=O)OCC(C)(C)C2. The average Bonchev–Trinajstić information content (AvgIpc) is 3.79. The van der Waals surface area contributed by atoms with Gasteiger partial charge in [0, 0.05) is 47.3 Å². The molecule has 7 rings (SSSR count). The Morgan fingerprint density at radius 3 is 2.67 bits per heavy atom. The smallest absolute Gasteiger partial charge is 0.408 e. The van der Waals surface area contributed by atoms with Crippen molar-refractivity contribution in [1.82, 2.24) is 30.3 Å². The lowest BCUT2D eigenvalue weighted by molar-refractivity contribution is -0.155. The number of methoxy groups -OCH3 is 1. The zero-order valence-electron chi connectivity index (χ0n) is 32.6. The van der Waals surface area contributed by atoms with Crippen LogP contribution in [0.25, 0.3) is 33.4 Å². The molecule has 306 valence electrons. The number of amides is 2. The van der Waals surface area contributed by atoms with Gasteiger partial charge in [-0.3, -0.25) is 19.6 Å². The molecule has 1 fully saturated rings. The molecule has 2 aromatic carbocycles. The minimum Gasteiger partial charge on any atom is -0.464 e. The van der Waals surface area contributed by atoms with E-state index in [0.717, 1.165) is 5.56 Å². The number of halogens is 3. The maximum absolute atomic E-state index is 14.5. The summed E-state index contributed by atoms with van der Waals surface area (Å²) in [5.74, 6) is -1.03. The molecule has 0 saturated carbocycles. The number of fused-ring (bicyclic) bond motifs is 6. The van der Waals surface area contributed by atoms with Gasteiger partial charge in [-0.2, -0.15) is 13.2 Å². The molecule has 3 aromatic heterocycles. The Labute approximate surface area is 332 Å². The second-order valence-electron chi connectivity index (χ2n) is 15.4. The van der Waals surface area contributed by atoms with Crippen molar-refractivity contribution < 1.29 is 46.2 Å². The quantitative estimate of drug-likeness (QED) is 0.164. The molecule has 2 amide bonds. The summed E-state index contributed by atoms with van der Waals surface area (Å²) in [6.45, 7) is 4.39. The van der Waals surface area contributed by atoms with Gasteiger partial charge in [-0.25, -0.2) is 15.2 Å². The molecule has 2 N–H and O–H groups in total. The molecule has 0 aliphatic carbocycles. The van der Waals surface area contributed by atoms with Crippen molar-refractivity contribution in [3.05, 3.63) is 95.8 Å². The van der Waals surface area contributed by atoms with Crippen LogP contribution >= 0.6 is 0 Å². The Hall–Kier alpha value is -5.74. The van der Waals surface area contributed by atoms with E-state index in [0.29, 0.717) is 57.5 Å². The van der Waals surface area contributed by atoms with E-state index in [-0.39, 0.29) is 38.5 Å². The zero-order valence-corrected chi connectivity index (χ0v) is 32.6. The molecule has 0 spiro atoms. The van der Waals surface area contributed by atoms with Gasteiger partial charge in [-0.15, -0.1) is 0 Å². The van der Waals surface area contributed by atoms with Crippen molar-refractivity contribution >= 4 is 28.9 Å². The largest absolute Gasteiger partial charge is 0.464 e. The van der Waals surface area contributed by atoms with Crippen LogP contribution in [0.2, 0.25) is 0 Å². The predicted molar refractivity (Wildman–Crippen MR) is 206 cm³/mol. The van der Waals surface area contributed by atoms with Crippen LogP contribution in [0.1, 0.15) is 62.4 Å². The molecule has 13 nitrogen and oxygen atoms in total. The molecular weight excluding hydrogens is 757 g/mol. The normalized spacial score (nSPS) is 19.3. The lowest BCUT2D eigenvalue weighted by atomic mass is 9.84. The van der Waals surface area contributed by atoms with Gasteiger partial charge >= 0.3 is 18.2 Å². The first-order chi connectivity index (χ1) is 27.7. The summed E-state index contributed by atoms with van der Waals surface area (Å²) < 4.78 is 67.6. The fourth-order valence-electron chi connectivity index (χ4n) is 7.49. The molecule has 0 radical (unpaired) electrons. The van der Waals surface area contributed by atoms with Crippen molar-refractivity contribution in [1.29, 1.82) is 0 Å². The van der Waals surface area contributed by atoms with E-state index in [1.807, 2.05) is 32.0 Å². The van der Waals surface area contributed by atoms with E-state index < -0.39 is 54.3 Å². The van der Waals surface area contributed by atoms with Crippen LogP contribution in [0.5, 0.6) is 0 Å². The van der Waals surface area contributed by atoms with Gasteiger partial charge in [-0.05, 0) is 61.6 Å². The Kier molecular flexibility index (Phi) is 11.6. The van der Waals surface area contributed by atoms with Crippen molar-refractivity contribution in [2.75, 3.05) is 20.3 Å². The Balaban J connectivity index is 1.34. The van der Waals surface area contributed by atoms with Gasteiger partial charge in [0.25, 0.3) is 5.91 Å². The van der Waals surface area contributed by atoms with Crippen molar-refractivity contribution in [2.45, 2.75) is 84.0 Å². The lowest BCUT2D eigenvalue weighted by Gasteiger charge is -2.35. The van der Waals surface area contributed by atoms with Crippen molar-refractivity contribution in [3.8, 4) is 22.5 Å². The zero-order chi connectivity index (χ0) is 41.2. The number of rotatable bonds is 7. The van der Waals surface area contributed by atoms with Gasteiger partial charge in [0.15, 0.2) is 5.89 Å². The van der Waals surface area contributed by atoms with Crippen LogP contribution < -0.4 is 10.7 Å². The summed E-state index contributed by atoms with van der Waals surface area (Å²) in [4.78, 5) is 50.0. The highest BCUT2D eigenvalue weighted by molar-refractivity contribution is 5.95. The fraction of sp³-hybridized carbons (Fsp3) is 0.405. The van der Waals surface area contributed by atoms with Crippen molar-refractivity contribution in [2.24, 2.45) is 5.41 Å². The molecule has 5 aromatic rings. The Bertz CT molecular complexity index is 2290. The Morgan fingerprint density at radius 1 is 1.12 bits per heavy atom. The number of hydrogen-bond acceptors (Lipinski definition) is 10. The third-order valence-electron chi connectivity index (χ3n) is 10.4. The van der Waals surface area contributed by atoms with E-state index >= 15 is 0 Å². The number of pyridine rings is 1. The molecule has 2 aliphatic heterocycles. The van der Waals surface area contributed by atoms with Crippen LogP contribution in [-0.4, -0.2) is 76.0 Å². The number of cyclic esters (lactones) is 1. The standard InChI is InChI=1S/C42H45F3N6O7/c1-25(55-4)36-28(12-8-16-46-36)37-30-20-41(2,3)24-58-39(53)31-13-9-17-51(49-31)38(52)32(48-40(54)57-21-26-10-6-5-7-11-26)19-35-47-33(22-56-35)27-14-15-34(29(30)18-27)50(37)23-42(43,44)45/h5-8,10-12,14-16,18,22,25,31-32,49H,9,13,17,19-21,23-24H2,1-4H3,(H,48,54)/t25-,31-,32-/m0/s1. The number of nitrogens with one attached hydrogen (secondary N) is 2. The number of carbonyl (C=O) groups excluding carboxylic acids is 3. The average molecular weight is 803 g/mol. The Morgan fingerprint density at radius 2 is 1.91 bits per heavy atom. The minimum atomic E-state index is -4.58. The van der Waals surface area contributed by atoms with E-state index in [9.17, 15) is 27.6 Å². The van der Waals surface area contributed by atoms with Crippen LogP contribution in [0, 0.1) is 5.41 Å². The number of aromatic nitrogens is 3. The molecule has 0 unspecified atom stereocenters. The second kappa shape index (κ2) is 16.6. The fourth-order valence-corrected chi connectivity index (χ4v) is 7.49. The summed E-state index contributed by atoms with van der Waals surface area (Å²) in [5, 5.41) is 4.46. The first-order valence-electron chi connectivity index (χ1n) is 19.1. The summed E-state index contributed by atoms with van der Waals surface area (Å²) >= 11 is 0. The molecule has 1 saturated heterocycles. The van der Waals surface area contributed by atoms with Gasteiger partial charge in [0.1, 0.15) is 37.2 Å². The van der Waals surface area contributed by atoms with Crippen LogP contribution in [-0.2, 0) is 49.8 Å². The van der Waals surface area contributed by atoms with E-state index in [1.54, 1.807) is 55.6 Å². The first-order valence-corrected chi connectivity index (χ1v) is 19.1. The number of esters is 1. The monoisotopic (exact) mass is 802 g/mol. The van der Waals surface area contributed by atoms with Gasteiger partial charge in [0.2, 0.25) is 0 Å². The topological polar surface area (TPSA) is 150 Å². The van der Waals surface area contributed by atoms with Gasteiger partial charge < -0.3 is 28.5 Å². The van der Waals surface area contributed by atoms with E-state index in [4.69, 9.17) is 18.6 Å². The number of carbonyl (C=O) groups is 3. The maximum atomic E-state index is 14.5. The third-order valence-corrected chi connectivity index (χ3v) is 10.4. The van der Waals surface area contributed by atoms with Crippen molar-refractivity contribution in [3.63, 3.8) is 0 Å². The highest BCUT2D eigenvalue weighted by Gasteiger charge is 2.37. The van der Waals surface area contributed by atoms with Gasteiger partial charge in [-0.1, -0.05) is 50.2 Å². The van der Waals surface area contributed by atoms with E-state index in [2.05, 4.69) is 20.7 Å². The number of nitrogens with zero attached hydrogens (tertiary/aromatic N) is 4. The summed E-state index contributed by atoms with van der Waals surface area (Å²) in [7, 11) is 1.51. The molecule has 58 heavy (non-hydrogen) atoms. The highest BCUT2D eigenvalue weighted by atomic mass is 19.4. The highest BCUT2D eigenvalue weighted by Crippen LogP contribution is 2.43. The number of benzene rings is 2. The number of alkyl halides is 3. The third kappa shape index (κ3) is 9.02. The molecule has 5 heterocycles. The summed E-state index contributed by atoms with van der Waals surface area (Å²) in [6.07, 6.45) is -2.13. The molecule has 3 atom stereocenters. The van der Waals surface area contributed by atoms with E-state index in [1.165, 1.54) is 22.9 Å². The summed E-state index contributed by atoms with van der Waals surface area (Å²) in [5.41, 5.74) is 6.03. The second-order valence-corrected chi connectivity index (χ2v) is 15.4. The first kappa shape index (κ1) is 40.5. The minimum absolute atomic E-state index is 0.0344. The lowest BCUT2D eigenvalue weighted by Crippen LogP contribution is -2.60. The molecular formula is C42H45F3N6O7.